The molecule has 0 aromatic carbocycles. The number of carbonyl (C=O) groups excluding carboxylic acids is 1. The lowest BCUT2D eigenvalue weighted by atomic mass is 9.68. The number of nitrogens with two attached hydrogens (primary N) is 1. The first-order valence-electron chi connectivity index (χ1n) is 5.57. The van der Waals surface area contributed by atoms with E-state index in [1.54, 1.807) is 0 Å². The Labute approximate surface area is 87.2 Å². The van der Waals surface area contributed by atoms with Gasteiger partial charge in [-0.15, -0.1) is 0 Å². The summed E-state index contributed by atoms with van der Waals surface area (Å²) in [7, 11) is 0. The van der Waals surface area contributed by atoms with Gasteiger partial charge in [0.1, 0.15) is 5.78 Å². The van der Waals surface area contributed by atoms with Gasteiger partial charge in [0.15, 0.2) is 0 Å². The minimum Gasteiger partial charge on any atom is -0.325 e. The van der Waals surface area contributed by atoms with Gasteiger partial charge in [0, 0.05) is 17.4 Å². The maximum absolute atomic E-state index is 12.0. The Morgan fingerprint density at radius 1 is 1.29 bits per heavy atom. The second-order valence-corrected chi connectivity index (χ2v) is 5.77. The van der Waals surface area contributed by atoms with Crippen LogP contribution < -0.4 is 5.73 Å². The molecule has 0 unspecified atom stereocenters. The van der Waals surface area contributed by atoms with Crippen LogP contribution in [-0.2, 0) is 4.79 Å². The molecule has 1 fully saturated rings. The van der Waals surface area contributed by atoms with Gasteiger partial charge in [0.2, 0.25) is 0 Å². The standard InChI is InChI=1S/C12H23NO/c1-11(2,12(3,4)13)10(14)8-9-6-5-7-9/h9H,5-8,13H2,1-4H3. The summed E-state index contributed by atoms with van der Waals surface area (Å²) in [4.78, 5) is 12.0. The molecular formula is C12H23NO. The normalized spacial score (nSPS) is 19.2. The van der Waals surface area contributed by atoms with Gasteiger partial charge in [0.25, 0.3) is 0 Å². The maximum atomic E-state index is 12.0. The first kappa shape index (κ1) is 11.7. The van der Waals surface area contributed by atoms with Gasteiger partial charge in [0.05, 0.1) is 0 Å². The van der Waals surface area contributed by atoms with Crippen molar-refractivity contribution in [2.45, 2.75) is 58.9 Å². The van der Waals surface area contributed by atoms with Crippen LogP contribution in [-0.4, -0.2) is 11.3 Å². The highest BCUT2D eigenvalue weighted by Gasteiger charge is 2.40. The SMILES string of the molecule is CC(C)(N)C(C)(C)C(=O)CC1CCC1. The van der Waals surface area contributed by atoms with Crippen LogP contribution in [0.1, 0.15) is 53.4 Å². The molecule has 14 heavy (non-hydrogen) atoms. The lowest BCUT2D eigenvalue weighted by molar-refractivity contribution is -0.131. The average molecular weight is 197 g/mol. The van der Waals surface area contributed by atoms with E-state index in [1.807, 2.05) is 27.7 Å². The van der Waals surface area contributed by atoms with Crippen LogP contribution >= 0.6 is 0 Å². The highest BCUT2D eigenvalue weighted by atomic mass is 16.1. The molecule has 2 nitrogen and oxygen atoms in total. The van der Waals surface area contributed by atoms with Crippen LogP contribution in [0, 0.1) is 11.3 Å². The summed E-state index contributed by atoms with van der Waals surface area (Å²) in [5.74, 6) is 0.971. The van der Waals surface area contributed by atoms with Gasteiger partial charge in [-0.05, 0) is 19.8 Å². The minimum absolute atomic E-state index is 0.328. The fourth-order valence-corrected chi connectivity index (χ4v) is 1.57. The fraction of sp³-hybridized carbons (Fsp3) is 0.917. The van der Waals surface area contributed by atoms with Gasteiger partial charge in [-0.2, -0.15) is 0 Å². The van der Waals surface area contributed by atoms with Crippen molar-refractivity contribution < 1.29 is 4.79 Å². The molecular weight excluding hydrogens is 174 g/mol. The summed E-state index contributed by atoms with van der Waals surface area (Å²) in [5, 5.41) is 0. The number of Topliss-reactive ketones (excluding diaryl/α,β-unsaturated/α-hetero) is 1. The molecule has 0 bridgehead atoms. The van der Waals surface area contributed by atoms with Crippen LogP contribution in [0.25, 0.3) is 0 Å². The van der Waals surface area contributed by atoms with Crippen molar-refractivity contribution in [2.24, 2.45) is 17.1 Å². The zero-order chi connectivity index (χ0) is 11.0. The molecule has 0 radical (unpaired) electrons. The van der Waals surface area contributed by atoms with Crippen molar-refractivity contribution in [1.29, 1.82) is 0 Å². The Bertz CT molecular complexity index is 221. The third kappa shape index (κ3) is 2.17. The van der Waals surface area contributed by atoms with Crippen LogP contribution in [0.15, 0.2) is 0 Å². The number of carbonyl (C=O) groups is 1. The third-order valence-electron chi connectivity index (χ3n) is 4.01. The number of rotatable bonds is 4. The fourth-order valence-electron chi connectivity index (χ4n) is 1.57. The second kappa shape index (κ2) is 3.65. The van der Waals surface area contributed by atoms with Gasteiger partial charge in [-0.1, -0.05) is 33.1 Å². The van der Waals surface area contributed by atoms with E-state index in [0.29, 0.717) is 11.7 Å². The highest BCUT2D eigenvalue weighted by molar-refractivity contribution is 5.85. The lowest BCUT2D eigenvalue weighted by Crippen LogP contribution is -2.52. The average Bonchev–Trinajstić information content (AvgIpc) is 1.93. The van der Waals surface area contributed by atoms with Crippen molar-refractivity contribution in [3.63, 3.8) is 0 Å². The zero-order valence-electron chi connectivity index (χ0n) is 9.89. The first-order chi connectivity index (χ1) is 6.25. The van der Waals surface area contributed by atoms with E-state index >= 15 is 0 Å². The molecule has 1 saturated carbocycles. The summed E-state index contributed by atoms with van der Waals surface area (Å²) in [6.45, 7) is 7.80. The maximum Gasteiger partial charge on any atom is 0.140 e. The van der Waals surface area contributed by atoms with E-state index in [1.165, 1.54) is 19.3 Å². The molecule has 82 valence electrons. The first-order valence-corrected chi connectivity index (χ1v) is 5.57. The molecule has 0 amide bonds. The molecule has 1 aliphatic rings. The van der Waals surface area contributed by atoms with E-state index in [-0.39, 0.29) is 0 Å². The predicted octanol–water partition coefficient (Wildman–Crippen LogP) is 2.51. The Morgan fingerprint density at radius 3 is 2.07 bits per heavy atom. The molecule has 0 heterocycles. The molecule has 1 aliphatic carbocycles. The predicted molar refractivity (Wildman–Crippen MR) is 59.0 cm³/mol. The molecule has 0 aliphatic heterocycles. The van der Waals surface area contributed by atoms with Crippen LogP contribution in [0.4, 0.5) is 0 Å². The molecule has 0 saturated heterocycles. The quantitative estimate of drug-likeness (QED) is 0.752. The van der Waals surface area contributed by atoms with Crippen molar-refractivity contribution in [3.05, 3.63) is 0 Å². The van der Waals surface area contributed by atoms with Gasteiger partial charge >= 0.3 is 0 Å². The Morgan fingerprint density at radius 2 is 1.79 bits per heavy atom. The molecule has 1 rings (SSSR count). The topological polar surface area (TPSA) is 43.1 Å². The summed E-state index contributed by atoms with van der Waals surface area (Å²) in [6, 6.07) is 0. The van der Waals surface area contributed by atoms with Crippen LogP contribution in [0.2, 0.25) is 0 Å². The minimum atomic E-state index is -0.423. The monoisotopic (exact) mass is 197 g/mol. The second-order valence-electron chi connectivity index (χ2n) is 5.77. The number of hydrogen-bond acceptors (Lipinski definition) is 2. The zero-order valence-corrected chi connectivity index (χ0v) is 9.89. The van der Waals surface area contributed by atoms with E-state index in [0.717, 1.165) is 6.42 Å². The van der Waals surface area contributed by atoms with E-state index in [2.05, 4.69) is 0 Å². The van der Waals surface area contributed by atoms with Crippen molar-refractivity contribution >= 4 is 5.78 Å². The van der Waals surface area contributed by atoms with Crippen LogP contribution in [0.5, 0.6) is 0 Å². The largest absolute Gasteiger partial charge is 0.325 e. The Hall–Kier alpha value is -0.370. The summed E-state index contributed by atoms with van der Waals surface area (Å²) < 4.78 is 0. The molecule has 0 aromatic heterocycles. The lowest BCUT2D eigenvalue weighted by Gasteiger charge is -2.39. The molecule has 0 spiro atoms. The van der Waals surface area contributed by atoms with Crippen molar-refractivity contribution in [1.82, 2.24) is 0 Å². The number of ketones is 1. The van der Waals surface area contributed by atoms with Crippen LogP contribution in [0.3, 0.4) is 0 Å². The molecule has 0 aromatic rings. The van der Waals surface area contributed by atoms with E-state index < -0.39 is 11.0 Å². The highest BCUT2D eigenvalue weighted by Crippen LogP contribution is 2.36. The molecule has 2 N–H and O–H groups in total. The number of hydrogen-bond donors (Lipinski definition) is 1. The Balaban J connectivity index is 2.57. The van der Waals surface area contributed by atoms with Gasteiger partial charge < -0.3 is 5.73 Å². The summed E-state index contributed by atoms with van der Waals surface area (Å²) in [5.41, 5.74) is 5.21. The Kier molecular flexibility index (Phi) is 3.05. The van der Waals surface area contributed by atoms with Gasteiger partial charge in [-0.25, -0.2) is 0 Å². The van der Waals surface area contributed by atoms with E-state index in [9.17, 15) is 4.79 Å². The third-order valence-corrected chi connectivity index (χ3v) is 4.01. The van der Waals surface area contributed by atoms with Crippen molar-refractivity contribution in [2.75, 3.05) is 0 Å². The summed E-state index contributed by atoms with van der Waals surface area (Å²) >= 11 is 0. The van der Waals surface area contributed by atoms with Crippen molar-refractivity contribution in [3.8, 4) is 0 Å². The molecule has 0 atom stereocenters. The van der Waals surface area contributed by atoms with Gasteiger partial charge in [-0.3, -0.25) is 4.79 Å². The molecule has 2 heteroatoms. The van der Waals surface area contributed by atoms with E-state index in [4.69, 9.17) is 5.73 Å². The smallest absolute Gasteiger partial charge is 0.140 e. The summed E-state index contributed by atoms with van der Waals surface area (Å²) in [6.07, 6.45) is 4.48.